The minimum absolute atomic E-state index is 0.421. The highest BCUT2D eigenvalue weighted by Crippen LogP contribution is 1.99. The highest BCUT2D eigenvalue weighted by atomic mass is 16.5. The van der Waals surface area contributed by atoms with Crippen LogP contribution in [0.25, 0.3) is 0 Å². The van der Waals surface area contributed by atoms with Crippen molar-refractivity contribution in [2.45, 2.75) is 45.3 Å². The predicted octanol–water partition coefficient (Wildman–Crippen LogP) is 1.43. The minimum atomic E-state index is -0.422. The van der Waals surface area contributed by atoms with Gasteiger partial charge in [0.05, 0.1) is 19.0 Å². The van der Waals surface area contributed by atoms with E-state index in [0.717, 1.165) is 26.1 Å². The molecule has 0 saturated carbocycles. The number of aliphatic hydroxyl groups is 1. The van der Waals surface area contributed by atoms with E-state index in [2.05, 4.69) is 17.2 Å². The van der Waals surface area contributed by atoms with Crippen LogP contribution in [0.2, 0.25) is 0 Å². The van der Waals surface area contributed by atoms with E-state index in [1.807, 2.05) is 10.8 Å². The van der Waals surface area contributed by atoms with Gasteiger partial charge in [0, 0.05) is 38.6 Å². The van der Waals surface area contributed by atoms with E-state index >= 15 is 0 Å². The van der Waals surface area contributed by atoms with E-state index in [0.29, 0.717) is 13.2 Å². The molecule has 0 saturated heterocycles. The van der Waals surface area contributed by atoms with Gasteiger partial charge in [-0.3, -0.25) is 0 Å². The molecule has 1 heterocycles. The number of nitrogens with zero attached hydrogens (tertiary/aromatic N) is 2. The summed E-state index contributed by atoms with van der Waals surface area (Å²) in [7, 11) is 0. The Morgan fingerprint density at radius 2 is 2.26 bits per heavy atom. The first kappa shape index (κ1) is 16.1. The third-order valence-electron chi connectivity index (χ3n) is 2.94. The number of imidazole rings is 1. The van der Waals surface area contributed by atoms with Crippen molar-refractivity contribution < 1.29 is 9.84 Å². The Bertz CT molecular complexity index is 291. The third-order valence-corrected chi connectivity index (χ3v) is 2.94. The van der Waals surface area contributed by atoms with Crippen LogP contribution in [0, 0.1) is 0 Å². The molecule has 1 unspecified atom stereocenters. The zero-order valence-corrected chi connectivity index (χ0v) is 11.9. The van der Waals surface area contributed by atoms with Crippen molar-refractivity contribution in [3.8, 4) is 0 Å². The molecule has 19 heavy (non-hydrogen) atoms. The molecule has 1 atom stereocenters. The monoisotopic (exact) mass is 269 g/mol. The molecule has 1 aromatic rings. The number of hydrogen-bond donors (Lipinski definition) is 2. The molecule has 0 fully saturated rings. The topological polar surface area (TPSA) is 59.3 Å². The van der Waals surface area contributed by atoms with Crippen LogP contribution in [-0.2, 0) is 11.3 Å². The highest BCUT2D eigenvalue weighted by molar-refractivity contribution is 4.74. The Kier molecular flexibility index (Phi) is 9.32. The summed E-state index contributed by atoms with van der Waals surface area (Å²) in [5.41, 5.74) is 0. The molecule has 5 nitrogen and oxygen atoms in total. The molecule has 0 amide bonds. The average Bonchev–Trinajstić information content (AvgIpc) is 2.92. The molecule has 2 N–H and O–H groups in total. The van der Waals surface area contributed by atoms with Crippen molar-refractivity contribution in [1.82, 2.24) is 14.9 Å². The van der Waals surface area contributed by atoms with Gasteiger partial charge >= 0.3 is 0 Å². The van der Waals surface area contributed by atoms with Crippen molar-refractivity contribution in [2.75, 3.05) is 26.3 Å². The second-order valence-electron chi connectivity index (χ2n) is 4.79. The second kappa shape index (κ2) is 11.0. The summed E-state index contributed by atoms with van der Waals surface area (Å²) in [6, 6.07) is 0. The SMILES string of the molecule is CCCCCCOCC(O)CNCCn1ccnc1. The van der Waals surface area contributed by atoms with Crippen molar-refractivity contribution in [3.63, 3.8) is 0 Å². The first-order chi connectivity index (χ1) is 9.33. The van der Waals surface area contributed by atoms with Crippen molar-refractivity contribution in [2.24, 2.45) is 0 Å². The van der Waals surface area contributed by atoms with Crippen LogP contribution in [0.15, 0.2) is 18.7 Å². The Morgan fingerprint density at radius 3 is 3.00 bits per heavy atom. The van der Waals surface area contributed by atoms with Crippen molar-refractivity contribution >= 4 is 0 Å². The number of ether oxygens (including phenoxy) is 1. The van der Waals surface area contributed by atoms with E-state index in [-0.39, 0.29) is 0 Å². The number of hydrogen-bond acceptors (Lipinski definition) is 4. The zero-order chi connectivity index (χ0) is 13.8. The molecule has 1 aromatic heterocycles. The molecule has 0 aromatic carbocycles. The maximum Gasteiger partial charge on any atom is 0.0946 e. The lowest BCUT2D eigenvalue weighted by atomic mass is 10.2. The number of rotatable bonds is 12. The van der Waals surface area contributed by atoms with E-state index in [9.17, 15) is 5.11 Å². The van der Waals surface area contributed by atoms with Gasteiger partial charge in [0.25, 0.3) is 0 Å². The molecule has 0 aliphatic rings. The largest absolute Gasteiger partial charge is 0.389 e. The van der Waals surface area contributed by atoms with E-state index in [4.69, 9.17) is 4.74 Å². The molecular formula is C14H27N3O2. The van der Waals surface area contributed by atoms with Crippen LogP contribution in [0.5, 0.6) is 0 Å². The van der Waals surface area contributed by atoms with Gasteiger partial charge in [0.2, 0.25) is 0 Å². The van der Waals surface area contributed by atoms with Gasteiger partial charge in [0.15, 0.2) is 0 Å². The first-order valence-electron chi connectivity index (χ1n) is 7.25. The van der Waals surface area contributed by atoms with Crippen LogP contribution in [0.4, 0.5) is 0 Å². The molecule has 110 valence electrons. The molecule has 0 radical (unpaired) electrons. The molecule has 0 spiro atoms. The molecule has 0 aliphatic carbocycles. The van der Waals surface area contributed by atoms with Gasteiger partial charge in [-0.15, -0.1) is 0 Å². The molecule has 5 heteroatoms. The smallest absolute Gasteiger partial charge is 0.0946 e. The summed E-state index contributed by atoms with van der Waals surface area (Å²) in [6.45, 7) is 5.63. The van der Waals surface area contributed by atoms with E-state index in [1.54, 1.807) is 12.5 Å². The third kappa shape index (κ3) is 8.75. The number of aliphatic hydroxyl groups excluding tert-OH is 1. The summed E-state index contributed by atoms with van der Waals surface area (Å²) in [4.78, 5) is 3.97. The molecular weight excluding hydrogens is 242 g/mol. The summed E-state index contributed by atoms with van der Waals surface area (Å²) in [5, 5.41) is 12.9. The van der Waals surface area contributed by atoms with Gasteiger partial charge in [-0.2, -0.15) is 0 Å². The van der Waals surface area contributed by atoms with Crippen LogP contribution < -0.4 is 5.32 Å². The zero-order valence-electron chi connectivity index (χ0n) is 11.9. The first-order valence-corrected chi connectivity index (χ1v) is 7.25. The second-order valence-corrected chi connectivity index (χ2v) is 4.79. The van der Waals surface area contributed by atoms with Crippen LogP contribution in [0.1, 0.15) is 32.6 Å². The maximum atomic E-state index is 9.70. The average molecular weight is 269 g/mol. The Hall–Kier alpha value is -0.910. The fourth-order valence-corrected chi connectivity index (χ4v) is 1.81. The lowest BCUT2D eigenvalue weighted by molar-refractivity contribution is 0.0355. The van der Waals surface area contributed by atoms with Gasteiger partial charge in [-0.05, 0) is 6.42 Å². The lowest BCUT2D eigenvalue weighted by Crippen LogP contribution is -2.32. The normalized spacial score (nSPS) is 12.7. The Balaban J connectivity index is 1.86. The highest BCUT2D eigenvalue weighted by Gasteiger charge is 2.03. The van der Waals surface area contributed by atoms with Gasteiger partial charge < -0.3 is 19.7 Å². The number of nitrogens with one attached hydrogen (secondary N) is 1. The summed E-state index contributed by atoms with van der Waals surface area (Å²) in [6.07, 6.45) is 9.88. The van der Waals surface area contributed by atoms with Crippen LogP contribution >= 0.6 is 0 Å². The molecule has 0 bridgehead atoms. The van der Waals surface area contributed by atoms with Crippen molar-refractivity contribution in [3.05, 3.63) is 18.7 Å². The predicted molar refractivity (Wildman–Crippen MR) is 76.1 cm³/mol. The van der Waals surface area contributed by atoms with Crippen molar-refractivity contribution in [1.29, 1.82) is 0 Å². The van der Waals surface area contributed by atoms with E-state index < -0.39 is 6.10 Å². The van der Waals surface area contributed by atoms with Gasteiger partial charge in [0.1, 0.15) is 0 Å². The minimum Gasteiger partial charge on any atom is -0.389 e. The lowest BCUT2D eigenvalue weighted by Gasteiger charge is -2.12. The summed E-state index contributed by atoms with van der Waals surface area (Å²) < 4.78 is 7.44. The standard InChI is InChI=1S/C14H27N3O2/c1-2-3-4-5-10-19-12-14(18)11-15-6-8-17-9-7-16-13-17/h7,9,13-15,18H,2-6,8,10-12H2,1H3. The summed E-state index contributed by atoms with van der Waals surface area (Å²) in [5.74, 6) is 0. The quantitative estimate of drug-likeness (QED) is 0.564. The number of unbranched alkanes of at least 4 members (excludes halogenated alkanes) is 3. The Labute approximate surface area is 116 Å². The van der Waals surface area contributed by atoms with E-state index in [1.165, 1.54) is 19.3 Å². The van der Waals surface area contributed by atoms with Crippen LogP contribution in [-0.4, -0.2) is 47.1 Å². The number of aromatic nitrogens is 2. The summed E-state index contributed by atoms with van der Waals surface area (Å²) >= 11 is 0. The van der Waals surface area contributed by atoms with Gasteiger partial charge in [-0.25, -0.2) is 4.98 Å². The fraction of sp³-hybridized carbons (Fsp3) is 0.786. The Morgan fingerprint density at radius 1 is 1.37 bits per heavy atom. The van der Waals surface area contributed by atoms with Crippen LogP contribution in [0.3, 0.4) is 0 Å². The maximum absolute atomic E-state index is 9.70. The molecule has 0 aliphatic heterocycles. The van der Waals surface area contributed by atoms with Gasteiger partial charge in [-0.1, -0.05) is 26.2 Å². The molecule has 1 rings (SSSR count). The fourth-order valence-electron chi connectivity index (χ4n) is 1.81.